The van der Waals surface area contributed by atoms with Crippen molar-refractivity contribution in [1.82, 2.24) is 0 Å². The fourth-order valence-electron chi connectivity index (χ4n) is 1.70. The maximum atomic E-state index is 5.54. The molecule has 0 aromatic rings. The number of hydrogen-bond acceptors (Lipinski definition) is 3. The minimum Gasteiger partial charge on any atom is -0.333 e. The van der Waals surface area contributed by atoms with Crippen molar-refractivity contribution >= 4 is 18.3 Å². The molecular weight excluding hydrogens is 251 g/mol. The molecule has 4 heteroatoms. The second-order valence-electron chi connectivity index (χ2n) is 4.62. The molecule has 1 unspecified atom stereocenters. The van der Waals surface area contributed by atoms with Crippen LogP contribution in [0.15, 0.2) is 0 Å². The average Bonchev–Trinajstić information content (AvgIpc) is 2.31. The second kappa shape index (κ2) is 11.6. The Morgan fingerprint density at radius 1 is 0.882 bits per heavy atom. The molecule has 0 aromatic heterocycles. The molecule has 0 rings (SSSR count). The molecule has 0 amide bonds. The Morgan fingerprint density at radius 3 is 1.82 bits per heavy atom. The Morgan fingerprint density at radius 2 is 1.35 bits per heavy atom. The lowest BCUT2D eigenvalue weighted by molar-refractivity contribution is 0.277. The van der Waals surface area contributed by atoms with E-state index >= 15 is 0 Å². The summed E-state index contributed by atoms with van der Waals surface area (Å²) in [5.41, 5.74) is 0. The molecule has 0 saturated heterocycles. The third-order valence-electron chi connectivity index (χ3n) is 2.91. The van der Waals surface area contributed by atoms with Gasteiger partial charge < -0.3 is 9.05 Å². The van der Waals surface area contributed by atoms with E-state index in [1.807, 2.05) is 6.66 Å². The van der Waals surface area contributed by atoms with Gasteiger partial charge in [-0.25, -0.2) is 0 Å². The number of rotatable bonds is 12. The van der Waals surface area contributed by atoms with Crippen molar-refractivity contribution in [2.45, 2.75) is 64.7 Å². The highest BCUT2D eigenvalue weighted by Gasteiger charge is 2.07. The zero-order chi connectivity index (χ0) is 13.0. The van der Waals surface area contributed by atoms with Crippen LogP contribution >= 0.6 is 6.49 Å². The Balaban J connectivity index is 3.11. The predicted octanol–water partition coefficient (Wildman–Crippen LogP) is 5.12. The van der Waals surface area contributed by atoms with Gasteiger partial charge in [0.1, 0.15) is 0 Å². The van der Waals surface area contributed by atoms with E-state index in [9.17, 15) is 0 Å². The maximum Gasteiger partial charge on any atom is 0.185 e. The Labute approximate surface area is 113 Å². The first-order valence-corrected chi connectivity index (χ1v) is 9.98. The van der Waals surface area contributed by atoms with Gasteiger partial charge in [-0.05, 0) is 18.2 Å². The molecule has 17 heavy (non-hydrogen) atoms. The highest BCUT2D eigenvalue weighted by atomic mass is 32.5. The summed E-state index contributed by atoms with van der Waals surface area (Å²) < 4.78 is 10.7. The first-order valence-electron chi connectivity index (χ1n) is 6.90. The van der Waals surface area contributed by atoms with Gasteiger partial charge in [0, 0.05) is 13.8 Å². The van der Waals surface area contributed by atoms with Crippen LogP contribution in [0.3, 0.4) is 0 Å². The maximum absolute atomic E-state index is 5.54. The van der Waals surface area contributed by atoms with Crippen LogP contribution in [0.4, 0.5) is 0 Å². The summed E-state index contributed by atoms with van der Waals surface area (Å²) >= 11 is 5.17. The van der Waals surface area contributed by atoms with Gasteiger partial charge in [-0.15, -0.1) is 0 Å². The van der Waals surface area contributed by atoms with Gasteiger partial charge in [0.25, 0.3) is 0 Å². The van der Waals surface area contributed by atoms with Crippen LogP contribution in [0.2, 0.25) is 0 Å². The average molecular weight is 280 g/mol. The third-order valence-corrected chi connectivity index (χ3v) is 4.98. The molecular formula is C13H29O2PS. The van der Waals surface area contributed by atoms with Crippen molar-refractivity contribution in [3.05, 3.63) is 0 Å². The standard InChI is InChI=1S/C13H29O2PS/c1-4-5-6-7-8-9-10-11-12-13-15-16(3,17)14-2/h4-13H2,1-3H3. The summed E-state index contributed by atoms with van der Waals surface area (Å²) in [5.74, 6) is 0. The van der Waals surface area contributed by atoms with Crippen LogP contribution in [-0.4, -0.2) is 20.4 Å². The highest BCUT2D eigenvalue weighted by molar-refractivity contribution is 8.09. The van der Waals surface area contributed by atoms with E-state index in [4.69, 9.17) is 20.9 Å². The summed E-state index contributed by atoms with van der Waals surface area (Å²) in [7, 11) is 1.64. The third kappa shape index (κ3) is 12.8. The first-order chi connectivity index (χ1) is 8.12. The first kappa shape index (κ1) is 17.6. The monoisotopic (exact) mass is 280 g/mol. The molecule has 0 N–H and O–H groups in total. The zero-order valence-corrected chi connectivity index (χ0v) is 13.5. The summed E-state index contributed by atoms with van der Waals surface area (Å²) in [4.78, 5) is 0. The van der Waals surface area contributed by atoms with Gasteiger partial charge in [0.15, 0.2) is 6.49 Å². The van der Waals surface area contributed by atoms with Gasteiger partial charge in [0.2, 0.25) is 0 Å². The molecule has 0 aliphatic heterocycles. The van der Waals surface area contributed by atoms with Crippen molar-refractivity contribution < 1.29 is 9.05 Å². The van der Waals surface area contributed by atoms with Crippen molar-refractivity contribution in [3.8, 4) is 0 Å². The van der Waals surface area contributed by atoms with Gasteiger partial charge in [-0.2, -0.15) is 0 Å². The van der Waals surface area contributed by atoms with Crippen LogP contribution in [0, 0.1) is 0 Å². The van der Waals surface area contributed by atoms with Crippen LogP contribution in [0.25, 0.3) is 0 Å². The molecule has 0 spiro atoms. The van der Waals surface area contributed by atoms with E-state index in [1.165, 1.54) is 51.4 Å². The fourth-order valence-corrected chi connectivity index (χ4v) is 2.49. The van der Waals surface area contributed by atoms with Crippen LogP contribution in [-0.2, 0) is 20.9 Å². The van der Waals surface area contributed by atoms with Gasteiger partial charge in [-0.1, -0.05) is 58.3 Å². The van der Waals surface area contributed by atoms with E-state index in [1.54, 1.807) is 7.11 Å². The molecule has 0 heterocycles. The minimum absolute atomic E-state index is 0.761. The van der Waals surface area contributed by atoms with E-state index in [0.717, 1.165) is 13.0 Å². The fraction of sp³-hybridized carbons (Fsp3) is 1.00. The molecule has 0 saturated carbocycles. The molecule has 0 bridgehead atoms. The summed E-state index contributed by atoms with van der Waals surface area (Å²) in [5, 5.41) is 0. The molecule has 0 radical (unpaired) electrons. The molecule has 0 aliphatic rings. The normalized spacial score (nSPS) is 14.8. The van der Waals surface area contributed by atoms with Crippen LogP contribution in [0.1, 0.15) is 64.7 Å². The quantitative estimate of drug-likeness (QED) is 0.365. The second-order valence-corrected chi connectivity index (χ2v) is 8.77. The summed E-state index contributed by atoms with van der Waals surface area (Å²) in [6.45, 7) is 2.99. The van der Waals surface area contributed by atoms with Crippen molar-refractivity contribution in [3.63, 3.8) is 0 Å². The Bertz CT molecular complexity index is 210. The minimum atomic E-state index is -1.91. The molecule has 1 atom stereocenters. The van der Waals surface area contributed by atoms with Gasteiger partial charge in [-0.3, -0.25) is 0 Å². The van der Waals surface area contributed by atoms with Crippen molar-refractivity contribution in [1.29, 1.82) is 0 Å². The summed E-state index contributed by atoms with van der Waals surface area (Å²) in [6.07, 6.45) is 12.0. The molecule has 104 valence electrons. The zero-order valence-electron chi connectivity index (χ0n) is 11.7. The highest BCUT2D eigenvalue weighted by Crippen LogP contribution is 2.43. The molecule has 0 fully saturated rings. The van der Waals surface area contributed by atoms with Crippen molar-refractivity contribution in [2.75, 3.05) is 20.4 Å². The topological polar surface area (TPSA) is 18.5 Å². The van der Waals surface area contributed by atoms with Crippen molar-refractivity contribution in [2.24, 2.45) is 0 Å². The number of hydrogen-bond donors (Lipinski definition) is 0. The number of unbranched alkanes of at least 4 members (excludes halogenated alkanes) is 8. The van der Waals surface area contributed by atoms with E-state index < -0.39 is 6.49 Å². The van der Waals surface area contributed by atoms with Crippen LogP contribution in [0.5, 0.6) is 0 Å². The van der Waals surface area contributed by atoms with E-state index in [2.05, 4.69) is 6.92 Å². The van der Waals surface area contributed by atoms with Crippen LogP contribution < -0.4 is 0 Å². The smallest absolute Gasteiger partial charge is 0.185 e. The lowest BCUT2D eigenvalue weighted by Gasteiger charge is -2.14. The van der Waals surface area contributed by atoms with Gasteiger partial charge >= 0.3 is 0 Å². The SMILES string of the molecule is CCCCCCCCCCCOP(C)(=S)OC. The molecule has 2 nitrogen and oxygen atoms in total. The summed E-state index contributed by atoms with van der Waals surface area (Å²) in [6, 6.07) is 0. The lowest BCUT2D eigenvalue weighted by Crippen LogP contribution is -1.93. The van der Waals surface area contributed by atoms with E-state index in [0.29, 0.717) is 0 Å². The largest absolute Gasteiger partial charge is 0.333 e. The Kier molecular flexibility index (Phi) is 12.0. The predicted molar refractivity (Wildman–Crippen MR) is 80.4 cm³/mol. The molecule has 0 aliphatic carbocycles. The Hall–Kier alpha value is 0.570. The van der Waals surface area contributed by atoms with Gasteiger partial charge in [0.05, 0.1) is 6.61 Å². The molecule has 0 aromatic carbocycles. The van der Waals surface area contributed by atoms with E-state index in [-0.39, 0.29) is 0 Å². The lowest BCUT2D eigenvalue weighted by atomic mass is 10.1.